The van der Waals surface area contributed by atoms with E-state index in [1.54, 1.807) is 0 Å². The Bertz CT molecular complexity index is 431. The summed E-state index contributed by atoms with van der Waals surface area (Å²) in [6, 6.07) is 0. The molecule has 112 valence electrons. The van der Waals surface area contributed by atoms with Crippen molar-refractivity contribution in [2.24, 2.45) is 17.6 Å². The summed E-state index contributed by atoms with van der Waals surface area (Å²) in [5, 5.41) is 4.30. The average Bonchev–Trinajstić information content (AvgIpc) is 3.15. The largest absolute Gasteiger partial charge is 0.339 e. The van der Waals surface area contributed by atoms with Crippen molar-refractivity contribution < 1.29 is 4.52 Å². The highest BCUT2D eigenvalue weighted by atomic mass is 16.5. The summed E-state index contributed by atoms with van der Waals surface area (Å²) in [7, 11) is 0. The van der Waals surface area contributed by atoms with Crippen molar-refractivity contribution in [1.29, 1.82) is 0 Å². The van der Waals surface area contributed by atoms with E-state index in [9.17, 15) is 0 Å². The van der Waals surface area contributed by atoms with Crippen LogP contribution in [0.1, 0.15) is 81.8 Å². The first-order valence-electron chi connectivity index (χ1n) is 8.35. The summed E-state index contributed by atoms with van der Waals surface area (Å²) in [4.78, 5) is 4.75. The minimum atomic E-state index is 0.409. The molecule has 0 amide bonds. The Kier molecular flexibility index (Phi) is 4.39. The molecular formula is C16H27N3O. The van der Waals surface area contributed by atoms with Gasteiger partial charge in [0, 0.05) is 11.8 Å². The highest BCUT2D eigenvalue weighted by Crippen LogP contribution is 2.40. The van der Waals surface area contributed by atoms with E-state index >= 15 is 0 Å². The topological polar surface area (TPSA) is 64.9 Å². The van der Waals surface area contributed by atoms with Crippen LogP contribution < -0.4 is 5.73 Å². The summed E-state index contributed by atoms with van der Waals surface area (Å²) in [6.45, 7) is 3.03. The van der Waals surface area contributed by atoms with Crippen molar-refractivity contribution in [3.63, 3.8) is 0 Å². The van der Waals surface area contributed by atoms with Crippen LogP contribution in [-0.4, -0.2) is 16.7 Å². The van der Waals surface area contributed by atoms with Crippen LogP contribution in [-0.2, 0) is 0 Å². The first-order chi connectivity index (χ1) is 9.81. The molecule has 2 saturated carbocycles. The van der Waals surface area contributed by atoms with Gasteiger partial charge in [-0.05, 0) is 44.1 Å². The summed E-state index contributed by atoms with van der Waals surface area (Å²) >= 11 is 0. The monoisotopic (exact) mass is 277 g/mol. The van der Waals surface area contributed by atoms with Crippen molar-refractivity contribution in [2.75, 3.05) is 6.54 Å². The summed E-state index contributed by atoms with van der Waals surface area (Å²) < 4.78 is 5.59. The number of hydrogen-bond acceptors (Lipinski definition) is 4. The fraction of sp³-hybridized carbons (Fsp3) is 0.875. The molecule has 4 nitrogen and oxygen atoms in total. The van der Waals surface area contributed by atoms with E-state index in [0.29, 0.717) is 17.8 Å². The van der Waals surface area contributed by atoms with E-state index in [-0.39, 0.29) is 0 Å². The molecule has 2 aliphatic rings. The second-order valence-corrected chi connectivity index (χ2v) is 6.66. The maximum Gasteiger partial charge on any atom is 0.230 e. The minimum Gasteiger partial charge on any atom is -0.339 e. The highest BCUT2D eigenvalue weighted by Gasteiger charge is 2.33. The molecule has 0 bridgehead atoms. The molecule has 0 aliphatic heterocycles. The summed E-state index contributed by atoms with van der Waals surface area (Å²) in [5.41, 5.74) is 5.86. The average molecular weight is 277 g/mol. The second kappa shape index (κ2) is 6.25. The van der Waals surface area contributed by atoms with E-state index in [4.69, 9.17) is 15.2 Å². The van der Waals surface area contributed by atoms with Crippen LogP contribution in [0.2, 0.25) is 0 Å². The zero-order chi connectivity index (χ0) is 13.9. The van der Waals surface area contributed by atoms with Crippen molar-refractivity contribution in [3.05, 3.63) is 11.7 Å². The number of aromatic nitrogens is 2. The van der Waals surface area contributed by atoms with Crippen LogP contribution in [0.15, 0.2) is 4.52 Å². The van der Waals surface area contributed by atoms with E-state index in [1.807, 2.05) is 0 Å². The van der Waals surface area contributed by atoms with Crippen LogP contribution in [0, 0.1) is 11.8 Å². The predicted octanol–water partition coefficient (Wildman–Crippen LogP) is 3.60. The Labute approximate surface area is 121 Å². The maximum atomic E-state index is 5.86. The third-order valence-corrected chi connectivity index (χ3v) is 5.46. The van der Waals surface area contributed by atoms with Gasteiger partial charge >= 0.3 is 0 Å². The zero-order valence-electron chi connectivity index (χ0n) is 12.6. The van der Waals surface area contributed by atoms with E-state index in [1.165, 1.54) is 44.9 Å². The molecule has 1 heterocycles. The van der Waals surface area contributed by atoms with Gasteiger partial charge in [-0.2, -0.15) is 4.98 Å². The molecule has 0 radical (unpaired) electrons. The fourth-order valence-corrected chi connectivity index (χ4v) is 4.10. The SMILES string of the molecule is CCC1CCCC(c2noc(C3CCCC3CN)n2)C1. The van der Waals surface area contributed by atoms with Gasteiger partial charge in [-0.15, -0.1) is 0 Å². The molecule has 1 aromatic heterocycles. The molecule has 4 unspecified atom stereocenters. The summed E-state index contributed by atoms with van der Waals surface area (Å²) in [6.07, 6.45) is 10.0. The quantitative estimate of drug-likeness (QED) is 0.913. The van der Waals surface area contributed by atoms with Crippen LogP contribution in [0.4, 0.5) is 0 Å². The zero-order valence-corrected chi connectivity index (χ0v) is 12.6. The van der Waals surface area contributed by atoms with Crippen LogP contribution >= 0.6 is 0 Å². The van der Waals surface area contributed by atoms with Crippen molar-refractivity contribution >= 4 is 0 Å². The van der Waals surface area contributed by atoms with Gasteiger partial charge in [0.25, 0.3) is 0 Å². The van der Waals surface area contributed by atoms with Gasteiger partial charge in [-0.1, -0.05) is 37.8 Å². The van der Waals surface area contributed by atoms with Gasteiger partial charge in [-0.3, -0.25) is 0 Å². The fourth-order valence-electron chi connectivity index (χ4n) is 4.10. The lowest BCUT2D eigenvalue weighted by Crippen LogP contribution is -2.18. The van der Waals surface area contributed by atoms with Crippen LogP contribution in [0.3, 0.4) is 0 Å². The molecule has 4 heteroatoms. The van der Waals surface area contributed by atoms with E-state index in [2.05, 4.69) is 12.1 Å². The lowest BCUT2D eigenvalue weighted by atomic mass is 9.80. The molecule has 3 rings (SSSR count). The highest BCUT2D eigenvalue weighted by molar-refractivity contribution is 5.04. The third kappa shape index (κ3) is 2.76. The van der Waals surface area contributed by atoms with Gasteiger partial charge in [-0.25, -0.2) is 0 Å². The maximum absolute atomic E-state index is 5.86. The Morgan fingerprint density at radius 3 is 2.85 bits per heavy atom. The predicted molar refractivity (Wildman–Crippen MR) is 78.4 cm³/mol. The lowest BCUT2D eigenvalue weighted by molar-refractivity contribution is 0.293. The van der Waals surface area contributed by atoms with Crippen molar-refractivity contribution in [2.45, 2.75) is 70.1 Å². The lowest BCUT2D eigenvalue weighted by Gasteiger charge is -2.26. The smallest absolute Gasteiger partial charge is 0.230 e. The molecule has 0 spiro atoms. The minimum absolute atomic E-state index is 0.409. The number of nitrogens with two attached hydrogens (primary N) is 1. The first-order valence-corrected chi connectivity index (χ1v) is 8.35. The Morgan fingerprint density at radius 2 is 2.05 bits per heavy atom. The van der Waals surface area contributed by atoms with Gasteiger partial charge in [0.1, 0.15) is 0 Å². The number of nitrogens with zero attached hydrogens (tertiary/aromatic N) is 2. The number of rotatable bonds is 4. The van der Waals surface area contributed by atoms with Gasteiger partial charge < -0.3 is 10.3 Å². The normalized spacial score (nSPS) is 34.5. The van der Waals surface area contributed by atoms with E-state index < -0.39 is 0 Å². The Balaban J connectivity index is 1.70. The first kappa shape index (κ1) is 14.1. The van der Waals surface area contributed by atoms with Crippen molar-refractivity contribution in [3.8, 4) is 0 Å². The molecule has 2 fully saturated rings. The van der Waals surface area contributed by atoms with E-state index in [0.717, 1.165) is 30.6 Å². The molecular weight excluding hydrogens is 250 g/mol. The number of hydrogen-bond donors (Lipinski definition) is 1. The Morgan fingerprint density at radius 1 is 1.20 bits per heavy atom. The van der Waals surface area contributed by atoms with Gasteiger partial charge in [0.05, 0.1) is 0 Å². The Hall–Kier alpha value is -0.900. The molecule has 2 aliphatic carbocycles. The van der Waals surface area contributed by atoms with Crippen molar-refractivity contribution in [1.82, 2.24) is 10.1 Å². The second-order valence-electron chi connectivity index (χ2n) is 6.66. The molecule has 0 aromatic carbocycles. The van der Waals surface area contributed by atoms with Gasteiger partial charge in [0.15, 0.2) is 5.82 Å². The third-order valence-electron chi connectivity index (χ3n) is 5.46. The molecule has 20 heavy (non-hydrogen) atoms. The summed E-state index contributed by atoms with van der Waals surface area (Å²) in [5.74, 6) is 4.13. The van der Waals surface area contributed by atoms with Crippen LogP contribution in [0.5, 0.6) is 0 Å². The van der Waals surface area contributed by atoms with Gasteiger partial charge in [0.2, 0.25) is 5.89 Å². The molecule has 0 saturated heterocycles. The molecule has 2 N–H and O–H groups in total. The molecule has 1 aromatic rings. The van der Waals surface area contributed by atoms with Crippen LogP contribution in [0.25, 0.3) is 0 Å². The molecule has 4 atom stereocenters. The standard InChI is InChI=1S/C16H27N3O/c1-2-11-5-3-6-12(9-11)15-18-16(20-19-15)14-8-4-7-13(14)10-17/h11-14H,2-10,17H2,1H3.